The van der Waals surface area contributed by atoms with E-state index in [1.54, 1.807) is 18.2 Å². The van der Waals surface area contributed by atoms with Crippen molar-refractivity contribution in [2.75, 3.05) is 0 Å². The third-order valence-corrected chi connectivity index (χ3v) is 3.24. The topological polar surface area (TPSA) is 37.3 Å². The summed E-state index contributed by atoms with van der Waals surface area (Å²) in [6.07, 6.45) is 2.57. The molecule has 1 aliphatic rings. The molecule has 0 saturated heterocycles. The molecule has 0 amide bonds. The molecule has 16 heavy (non-hydrogen) atoms. The zero-order valence-corrected chi connectivity index (χ0v) is 9.03. The van der Waals surface area contributed by atoms with E-state index in [0.29, 0.717) is 6.42 Å². The summed E-state index contributed by atoms with van der Waals surface area (Å²) < 4.78 is 13.7. The Morgan fingerprint density at radius 1 is 1.31 bits per heavy atom. The second-order valence-corrected chi connectivity index (χ2v) is 4.34. The van der Waals surface area contributed by atoms with E-state index < -0.39 is 12.1 Å². The van der Waals surface area contributed by atoms with Gasteiger partial charge in [0.05, 0.1) is 5.56 Å². The van der Waals surface area contributed by atoms with Crippen molar-refractivity contribution in [3.05, 3.63) is 35.4 Å². The van der Waals surface area contributed by atoms with Gasteiger partial charge in [0.25, 0.3) is 0 Å². The first-order valence-corrected chi connectivity index (χ1v) is 5.66. The van der Waals surface area contributed by atoms with Crippen LogP contribution in [0.3, 0.4) is 0 Å². The molecule has 0 bridgehead atoms. The highest BCUT2D eigenvalue weighted by molar-refractivity contribution is 5.87. The SMILES string of the molecule is O=C(O)c1cccc(C2CCCCC2F)c1. The van der Waals surface area contributed by atoms with Crippen molar-refractivity contribution in [2.24, 2.45) is 0 Å². The quantitative estimate of drug-likeness (QED) is 0.832. The van der Waals surface area contributed by atoms with Gasteiger partial charge in [-0.15, -0.1) is 0 Å². The van der Waals surface area contributed by atoms with Crippen LogP contribution in [0.4, 0.5) is 4.39 Å². The number of halogens is 1. The van der Waals surface area contributed by atoms with Gasteiger partial charge in [-0.1, -0.05) is 25.0 Å². The number of carboxylic acids is 1. The second-order valence-electron chi connectivity index (χ2n) is 4.34. The summed E-state index contributed by atoms with van der Waals surface area (Å²) in [5, 5.41) is 8.88. The molecule has 1 aliphatic carbocycles. The highest BCUT2D eigenvalue weighted by Gasteiger charge is 2.26. The number of benzene rings is 1. The Bertz CT molecular complexity index is 389. The maximum absolute atomic E-state index is 13.7. The van der Waals surface area contributed by atoms with Crippen molar-refractivity contribution in [2.45, 2.75) is 37.8 Å². The average Bonchev–Trinajstić information content (AvgIpc) is 2.30. The smallest absolute Gasteiger partial charge is 0.335 e. The minimum absolute atomic E-state index is 0.118. The lowest BCUT2D eigenvalue weighted by Crippen LogP contribution is -2.18. The maximum atomic E-state index is 13.7. The highest BCUT2D eigenvalue weighted by Crippen LogP contribution is 2.35. The summed E-state index contributed by atoms with van der Waals surface area (Å²) in [5.41, 5.74) is 1.07. The van der Waals surface area contributed by atoms with E-state index in [-0.39, 0.29) is 11.5 Å². The molecular weight excluding hydrogens is 207 g/mol. The Morgan fingerprint density at radius 2 is 2.06 bits per heavy atom. The van der Waals surface area contributed by atoms with Crippen molar-refractivity contribution in [1.82, 2.24) is 0 Å². The van der Waals surface area contributed by atoms with Gasteiger partial charge in [-0.25, -0.2) is 9.18 Å². The number of alkyl halides is 1. The van der Waals surface area contributed by atoms with E-state index in [4.69, 9.17) is 5.11 Å². The molecule has 1 saturated carbocycles. The Labute approximate surface area is 94.1 Å². The Morgan fingerprint density at radius 3 is 2.75 bits per heavy atom. The van der Waals surface area contributed by atoms with Crippen LogP contribution in [0.5, 0.6) is 0 Å². The van der Waals surface area contributed by atoms with Gasteiger partial charge in [-0.2, -0.15) is 0 Å². The van der Waals surface area contributed by atoms with Gasteiger partial charge in [-0.05, 0) is 30.5 Å². The highest BCUT2D eigenvalue weighted by atomic mass is 19.1. The monoisotopic (exact) mass is 222 g/mol. The zero-order valence-electron chi connectivity index (χ0n) is 9.03. The summed E-state index contributed by atoms with van der Waals surface area (Å²) >= 11 is 0. The van der Waals surface area contributed by atoms with Crippen molar-refractivity contribution in [1.29, 1.82) is 0 Å². The van der Waals surface area contributed by atoms with E-state index in [2.05, 4.69) is 0 Å². The van der Waals surface area contributed by atoms with Crippen LogP contribution in [0.25, 0.3) is 0 Å². The van der Waals surface area contributed by atoms with E-state index in [1.165, 1.54) is 0 Å². The van der Waals surface area contributed by atoms with Gasteiger partial charge in [0.1, 0.15) is 6.17 Å². The van der Waals surface area contributed by atoms with Crippen LogP contribution in [-0.2, 0) is 0 Å². The number of rotatable bonds is 2. The molecule has 2 atom stereocenters. The predicted molar refractivity (Wildman–Crippen MR) is 59.5 cm³/mol. The van der Waals surface area contributed by atoms with Gasteiger partial charge in [0.15, 0.2) is 0 Å². The summed E-state index contributed by atoms with van der Waals surface area (Å²) in [5.74, 6) is -1.07. The van der Waals surface area contributed by atoms with Crippen LogP contribution in [0.15, 0.2) is 24.3 Å². The molecule has 0 spiro atoms. The van der Waals surface area contributed by atoms with Gasteiger partial charge in [0, 0.05) is 5.92 Å². The molecule has 1 N–H and O–H groups in total. The average molecular weight is 222 g/mol. The molecule has 0 radical (unpaired) electrons. The van der Waals surface area contributed by atoms with E-state index in [9.17, 15) is 9.18 Å². The lowest BCUT2D eigenvalue weighted by molar-refractivity contribution is 0.0696. The molecule has 1 aromatic rings. The fourth-order valence-corrected chi connectivity index (χ4v) is 2.36. The van der Waals surface area contributed by atoms with E-state index >= 15 is 0 Å². The Kier molecular flexibility index (Phi) is 3.22. The third-order valence-electron chi connectivity index (χ3n) is 3.24. The van der Waals surface area contributed by atoms with Crippen LogP contribution < -0.4 is 0 Å². The van der Waals surface area contributed by atoms with E-state index in [1.807, 2.05) is 6.07 Å². The molecular formula is C13H15FO2. The lowest BCUT2D eigenvalue weighted by Gasteiger charge is -2.26. The molecule has 2 nitrogen and oxygen atoms in total. The zero-order chi connectivity index (χ0) is 11.5. The number of carbonyl (C=O) groups is 1. The number of hydrogen-bond donors (Lipinski definition) is 1. The van der Waals surface area contributed by atoms with Gasteiger partial charge >= 0.3 is 5.97 Å². The minimum Gasteiger partial charge on any atom is -0.478 e. The first-order chi connectivity index (χ1) is 7.68. The number of hydrogen-bond acceptors (Lipinski definition) is 1. The van der Waals surface area contributed by atoms with Gasteiger partial charge < -0.3 is 5.11 Å². The summed E-state index contributed by atoms with van der Waals surface area (Å²) in [6, 6.07) is 6.67. The van der Waals surface area contributed by atoms with Crippen LogP contribution in [0.2, 0.25) is 0 Å². The molecule has 1 aromatic carbocycles. The fourth-order valence-electron chi connectivity index (χ4n) is 2.36. The third kappa shape index (κ3) is 2.23. The van der Waals surface area contributed by atoms with Crippen molar-refractivity contribution in [3.8, 4) is 0 Å². The summed E-state index contributed by atoms with van der Waals surface area (Å²) in [7, 11) is 0. The van der Waals surface area contributed by atoms with Gasteiger partial charge in [0.2, 0.25) is 0 Å². The minimum atomic E-state index is -0.951. The second kappa shape index (κ2) is 4.64. The van der Waals surface area contributed by atoms with Crippen molar-refractivity contribution in [3.63, 3.8) is 0 Å². The van der Waals surface area contributed by atoms with Gasteiger partial charge in [-0.3, -0.25) is 0 Å². The van der Waals surface area contributed by atoms with Crippen LogP contribution in [0, 0.1) is 0 Å². The predicted octanol–water partition coefficient (Wildman–Crippen LogP) is 3.38. The Hall–Kier alpha value is -1.38. The molecule has 2 unspecified atom stereocenters. The number of aromatic carboxylic acids is 1. The van der Waals surface area contributed by atoms with Crippen LogP contribution >= 0.6 is 0 Å². The fraction of sp³-hybridized carbons (Fsp3) is 0.462. The standard InChI is InChI=1S/C13H15FO2/c14-12-7-2-1-6-11(12)9-4-3-5-10(8-9)13(15)16/h3-5,8,11-12H,1-2,6-7H2,(H,15,16). The largest absolute Gasteiger partial charge is 0.478 e. The lowest BCUT2D eigenvalue weighted by atomic mass is 9.82. The van der Waals surface area contributed by atoms with Crippen molar-refractivity contribution >= 4 is 5.97 Å². The maximum Gasteiger partial charge on any atom is 0.335 e. The van der Waals surface area contributed by atoms with Crippen LogP contribution in [0.1, 0.15) is 47.5 Å². The molecule has 0 aromatic heterocycles. The Balaban J connectivity index is 2.25. The summed E-state index contributed by atoms with van der Waals surface area (Å²) in [4.78, 5) is 10.8. The summed E-state index contributed by atoms with van der Waals surface area (Å²) in [6.45, 7) is 0. The molecule has 0 aliphatic heterocycles. The van der Waals surface area contributed by atoms with Crippen molar-refractivity contribution < 1.29 is 14.3 Å². The molecule has 0 heterocycles. The normalized spacial score (nSPS) is 25.3. The molecule has 1 fully saturated rings. The first kappa shape index (κ1) is 11.1. The number of carboxylic acid groups (broad SMARTS) is 1. The van der Waals surface area contributed by atoms with Crippen LogP contribution in [-0.4, -0.2) is 17.2 Å². The molecule has 2 rings (SSSR count). The van der Waals surface area contributed by atoms with E-state index in [0.717, 1.165) is 24.8 Å². The first-order valence-electron chi connectivity index (χ1n) is 5.66. The molecule has 86 valence electrons. The molecule has 3 heteroatoms.